The maximum Gasteiger partial charge on any atom is 0.241 e. The number of benzene rings is 1. The molecule has 0 spiro atoms. The van der Waals surface area contributed by atoms with Gasteiger partial charge in [0, 0.05) is 6.08 Å². The Bertz CT molecular complexity index is 579. The lowest BCUT2D eigenvalue weighted by Gasteiger charge is -2.42. The predicted molar refractivity (Wildman–Crippen MR) is 84.7 cm³/mol. The van der Waals surface area contributed by atoms with Gasteiger partial charge in [-0.05, 0) is 58.9 Å². The van der Waals surface area contributed by atoms with Crippen LogP contribution in [0.2, 0.25) is 0 Å². The highest BCUT2D eigenvalue weighted by Crippen LogP contribution is 2.46. The summed E-state index contributed by atoms with van der Waals surface area (Å²) in [7, 11) is 0. The highest BCUT2D eigenvalue weighted by Gasteiger charge is 2.37. The molecule has 2 heteroatoms. The van der Waals surface area contributed by atoms with E-state index in [-0.39, 0.29) is 10.8 Å². The van der Waals surface area contributed by atoms with E-state index in [1.807, 2.05) is 6.08 Å². The van der Waals surface area contributed by atoms with Crippen LogP contribution in [-0.2, 0) is 15.6 Å². The van der Waals surface area contributed by atoms with Crippen molar-refractivity contribution in [2.45, 2.75) is 58.3 Å². The Balaban J connectivity index is 2.60. The van der Waals surface area contributed by atoms with Gasteiger partial charge in [-0.1, -0.05) is 39.8 Å². The summed E-state index contributed by atoms with van der Waals surface area (Å²) in [5.41, 5.74) is 10.8. The number of nitrogens with two attached hydrogens (primary N) is 1. The Morgan fingerprint density at radius 3 is 2.10 bits per heavy atom. The molecule has 0 unspecified atom stereocenters. The highest BCUT2D eigenvalue weighted by molar-refractivity contribution is 5.90. The largest absolute Gasteiger partial charge is 0.366 e. The molecule has 1 aliphatic carbocycles. The second kappa shape index (κ2) is 4.76. The first-order valence-corrected chi connectivity index (χ1v) is 7.27. The molecule has 0 aromatic heterocycles. The van der Waals surface area contributed by atoms with Gasteiger partial charge in [0.2, 0.25) is 5.91 Å². The van der Waals surface area contributed by atoms with Gasteiger partial charge in [0.05, 0.1) is 0 Å². The van der Waals surface area contributed by atoms with Gasteiger partial charge in [0.1, 0.15) is 0 Å². The molecular weight excluding hydrogens is 246 g/mol. The van der Waals surface area contributed by atoms with Crippen molar-refractivity contribution >= 4 is 12.0 Å². The third-order valence-electron chi connectivity index (χ3n) is 4.67. The van der Waals surface area contributed by atoms with E-state index in [2.05, 4.69) is 46.8 Å². The average molecular weight is 271 g/mol. The van der Waals surface area contributed by atoms with Crippen LogP contribution < -0.4 is 5.73 Å². The number of amides is 1. The van der Waals surface area contributed by atoms with Crippen LogP contribution in [0.3, 0.4) is 0 Å². The van der Waals surface area contributed by atoms with Crippen LogP contribution in [0.5, 0.6) is 0 Å². The number of hydrogen-bond donors (Lipinski definition) is 1. The molecule has 0 radical (unpaired) electrons. The monoisotopic (exact) mass is 271 g/mol. The van der Waals surface area contributed by atoms with Gasteiger partial charge in [0.15, 0.2) is 0 Å². The SMILES string of the molecule is Cc1cc2c(cc1C=CC(N)=O)C(C)(C)CCC2(C)C. The van der Waals surface area contributed by atoms with Crippen LogP contribution in [0.4, 0.5) is 0 Å². The van der Waals surface area contributed by atoms with Gasteiger partial charge in [-0.25, -0.2) is 0 Å². The Morgan fingerprint density at radius 2 is 1.60 bits per heavy atom. The molecular formula is C18H25NO. The van der Waals surface area contributed by atoms with Crippen molar-refractivity contribution in [3.05, 3.63) is 40.5 Å². The minimum absolute atomic E-state index is 0.188. The summed E-state index contributed by atoms with van der Waals surface area (Å²) in [6.45, 7) is 11.3. The zero-order chi connectivity index (χ0) is 15.1. The fourth-order valence-electron chi connectivity index (χ4n) is 3.09. The predicted octanol–water partition coefficient (Wildman–Crippen LogP) is 3.84. The van der Waals surface area contributed by atoms with Crippen molar-refractivity contribution in [3.8, 4) is 0 Å². The van der Waals surface area contributed by atoms with Crippen LogP contribution in [-0.4, -0.2) is 5.91 Å². The zero-order valence-electron chi connectivity index (χ0n) is 13.2. The van der Waals surface area contributed by atoms with Crippen LogP contribution in [0, 0.1) is 6.92 Å². The molecule has 0 heterocycles. The number of primary amides is 1. The molecule has 2 rings (SSSR count). The molecule has 20 heavy (non-hydrogen) atoms. The van der Waals surface area contributed by atoms with Crippen molar-refractivity contribution in [1.82, 2.24) is 0 Å². The van der Waals surface area contributed by atoms with Crippen molar-refractivity contribution in [1.29, 1.82) is 0 Å². The van der Waals surface area contributed by atoms with Crippen molar-refractivity contribution in [2.75, 3.05) is 0 Å². The molecule has 1 aromatic rings. The second-order valence-corrected chi connectivity index (χ2v) is 7.26. The maximum absolute atomic E-state index is 10.9. The number of carbonyl (C=O) groups is 1. The maximum atomic E-state index is 10.9. The van der Waals surface area contributed by atoms with Gasteiger partial charge in [-0.15, -0.1) is 0 Å². The number of carbonyl (C=O) groups excluding carboxylic acids is 1. The number of aryl methyl sites for hydroxylation is 1. The quantitative estimate of drug-likeness (QED) is 0.816. The van der Waals surface area contributed by atoms with E-state index in [9.17, 15) is 4.79 Å². The Hall–Kier alpha value is -1.57. The third-order valence-corrected chi connectivity index (χ3v) is 4.67. The van der Waals surface area contributed by atoms with Crippen molar-refractivity contribution in [2.24, 2.45) is 5.73 Å². The number of fused-ring (bicyclic) bond motifs is 1. The van der Waals surface area contributed by atoms with E-state index in [1.54, 1.807) is 0 Å². The Morgan fingerprint density at radius 1 is 1.10 bits per heavy atom. The van der Waals surface area contributed by atoms with Gasteiger partial charge in [-0.3, -0.25) is 4.79 Å². The highest BCUT2D eigenvalue weighted by atomic mass is 16.1. The molecule has 2 nitrogen and oxygen atoms in total. The van der Waals surface area contributed by atoms with Crippen molar-refractivity contribution in [3.63, 3.8) is 0 Å². The molecule has 2 N–H and O–H groups in total. The average Bonchev–Trinajstić information content (AvgIpc) is 2.33. The van der Waals surface area contributed by atoms with Crippen LogP contribution >= 0.6 is 0 Å². The topological polar surface area (TPSA) is 43.1 Å². The lowest BCUT2D eigenvalue weighted by molar-refractivity contribution is -0.113. The minimum atomic E-state index is -0.401. The van der Waals surface area contributed by atoms with E-state index < -0.39 is 5.91 Å². The first kappa shape index (κ1) is 14.8. The standard InChI is InChI=1S/C18H25NO/c1-12-10-14-15(11-13(12)6-7-16(19)20)18(4,5)9-8-17(14,2)3/h6-7,10-11H,8-9H2,1-5H3,(H2,19,20). The molecule has 0 fully saturated rings. The number of rotatable bonds is 2. The van der Waals surface area contributed by atoms with E-state index in [1.165, 1.54) is 35.6 Å². The minimum Gasteiger partial charge on any atom is -0.366 e. The lowest BCUT2D eigenvalue weighted by Crippen LogP contribution is -2.34. The summed E-state index contributed by atoms with van der Waals surface area (Å²) in [6, 6.07) is 4.53. The summed E-state index contributed by atoms with van der Waals surface area (Å²) < 4.78 is 0. The number of hydrogen-bond acceptors (Lipinski definition) is 1. The zero-order valence-corrected chi connectivity index (χ0v) is 13.2. The summed E-state index contributed by atoms with van der Waals surface area (Å²) in [6.07, 6.45) is 5.67. The van der Waals surface area contributed by atoms with Gasteiger partial charge in [-0.2, -0.15) is 0 Å². The van der Waals surface area contributed by atoms with Gasteiger partial charge >= 0.3 is 0 Å². The van der Waals surface area contributed by atoms with Gasteiger partial charge < -0.3 is 5.73 Å². The lowest BCUT2D eigenvalue weighted by atomic mass is 9.62. The molecule has 1 aromatic carbocycles. The molecule has 1 amide bonds. The van der Waals surface area contributed by atoms with E-state index >= 15 is 0 Å². The van der Waals surface area contributed by atoms with Crippen molar-refractivity contribution < 1.29 is 4.79 Å². The van der Waals surface area contributed by atoms with Crippen LogP contribution in [0.1, 0.15) is 62.8 Å². The fourth-order valence-corrected chi connectivity index (χ4v) is 3.09. The first-order chi connectivity index (χ1) is 9.13. The molecule has 0 saturated heterocycles. The van der Waals surface area contributed by atoms with E-state index in [0.29, 0.717) is 0 Å². The fraction of sp³-hybridized carbons (Fsp3) is 0.500. The Kier molecular flexibility index (Phi) is 3.53. The summed E-state index contributed by atoms with van der Waals surface area (Å²) in [4.78, 5) is 10.9. The molecule has 0 bridgehead atoms. The van der Waals surface area contributed by atoms with Crippen LogP contribution in [0.25, 0.3) is 6.08 Å². The van der Waals surface area contributed by atoms with E-state index in [0.717, 1.165) is 5.56 Å². The van der Waals surface area contributed by atoms with Crippen LogP contribution in [0.15, 0.2) is 18.2 Å². The molecule has 0 saturated carbocycles. The summed E-state index contributed by atoms with van der Waals surface area (Å²) >= 11 is 0. The first-order valence-electron chi connectivity index (χ1n) is 7.27. The molecule has 0 aliphatic heterocycles. The normalized spacial score (nSPS) is 19.9. The molecule has 108 valence electrons. The van der Waals surface area contributed by atoms with Gasteiger partial charge in [0.25, 0.3) is 0 Å². The summed E-state index contributed by atoms with van der Waals surface area (Å²) in [5, 5.41) is 0. The Labute approximate surface area is 122 Å². The smallest absolute Gasteiger partial charge is 0.241 e. The van der Waals surface area contributed by atoms with E-state index in [4.69, 9.17) is 5.73 Å². The summed E-state index contributed by atoms with van der Waals surface area (Å²) in [5.74, 6) is -0.401. The molecule has 1 aliphatic rings. The second-order valence-electron chi connectivity index (χ2n) is 7.26. The third kappa shape index (κ3) is 2.65. The molecule has 0 atom stereocenters.